The summed E-state index contributed by atoms with van der Waals surface area (Å²) in [6.07, 6.45) is 4.80. The fraction of sp³-hybridized carbons (Fsp3) is 0.500. The third-order valence-electron chi connectivity index (χ3n) is 6.91. The Kier molecular flexibility index (Phi) is 8.23. The van der Waals surface area contributed by atoms with Crippen LogP contribution in [0, 0.1) is 11.7 Å². The summed E-state index contributed by atoms with van der Waals surface area (Å²) in [6.45, 7) is 6.91. The summed E-state index contributed by atoms with van der Waals surface area (Å²) >= 11 is 0. The number of benzene rings is 2. The van der Waals surface area contributed by atoms with Gasteiger partial charge in [0.15, 0.2) is 0 Å². The second kappa shape index (κ2) is 11.4. The Bertz CT molecular complexity index is 1190. The maximum Gasteiger partial charge on any atom is 0.277 e. The van der Waals surface area contributed by atoms with Crippen molar-refractivity contribution in [3.05, 3.63) is 58.6 Å². The highest BCUT2D eigenvalue weighted by atomic mass is 35.5. The smallest absolute Gasteiger partial charge is 0.277 e. The lowest BCUT2D eigenvalue weighted by atomic mass is 10.1. The highest BCUT2D eigenvalue weighted by molar-refractivity contribution is 5.85. The predicted octanol–water partition coefficient (Wildman–Crippen LogP) is 4.13. The minimum atomic E-state index is -0.230. The molecule has 9 heteroatoms. The highest BCUT2D eigenvalue weighted by Gasteiger charge is 2.24. The summed E-state index contributed by atoms with van der Waals surface area (Å²) in [4.78, 5) is 17.4. The molecule has 0 spiro atoms. The summed E-state index contributed by atoms with van der Waals surface area (Å²) in [5, 5.41) is 8.92. The maximum absolute atomic E-state index is 14.1. The molecule has 0 amide bonds. The van der Waals surface area contributed by atoms with E-state index in [4.69, 9.17) is 4.74 Å². The molecule has 2 aliphatic rings. The zero-order chi connectivity index (χ0) is 23.5. The molecule has 0 bridgehead atoms. The summed E-state index contributed by atoms with van der Waals surface area (Å²) in [5.41, 5.74) is 1.39. The van der Waals surface area contributed by atoms with Gasteiger partial charge in [-0.25, -0.2) is 9.07 Å². The van der Waals surface area contributed by atoms with Crippen LogP contribution in [-0.4, -0.2) is 58.7 Å². The SMILES string of the molecule is CC(CN1CCN(c2cc(F)ccc2OC2CCCC2)CC1)Cn1nnc2ccccc2c1=O.Cl. The number of piperazine rings is 1. The quantitative estimate of drug-likeness (QED) is 0.485. The van der Waals surface area contributed by atoms with Gasteiger partial charge < -0.3 is 9.64 Å². The van der Waals surface area contributed by atoms with Gasteiger partial charge >= 0.3 is 0 Å². The van der Waals surface area contributed by atoms with Crippen molar-refractivity contribution in [2.45, 2.75) is 45.3 Å². The largest absolute Gasteiger partial charge is 0.488 e. The molecule has 2 heterocycles. The molecule has 7 nitrogen and oxygen atoms in total. The topological polar surface area (TPSA) is 63.5 Å². The average molecular weight is 502 g/mol. The summed E-state index contributed by atoms with van der Waals surface area (Å²) in [5.74, 6) is 0.811. The van der Waals surface area contributed by atoms with Crippen LogP contribution in [-0.2, 0) is 6.54 Å². The van der Waals surface area contributed by atoms with Gasteiger partial charge in [0.25, 0.3) is 5.56 Å². The van der Waals surface area contributed by atoms with E-state index >= 15 is 0 Å². The van der Waals surface area contributed by atoms with E-state index in [-0.39, 0.29) is 35.8 Å². The molecule has 35 heavy (non-hydrogen) atoms. The zero-order valence-electron chi connectivity index (χ0n) is 20.1. The molecule has 1 saturated heterocycles. The van der Waals surface area contributed by atoms with Crippen LogP contribution in [0.15, 0.2) is 47.3 Å². The molecule has 1 aliphatic heterocycles. The minimum absolute atomic E-state index is 0. The van der Waals surface area contributed by atoms with Crippen LogP contribution >= 0.6 is 12.4 Å². The van der Waals surface area contributed by atoms with Crippen LogP contribution in [0.2, 0.25) is 0 Å². The van der Waals surface area contributed by atoms with Crippen LogP contribution in [0.1, 0.15) is 32.6 Å². The van der Waals surface area contributed by atoms with Gasteiger partial charge in [-0.2, -0.15) is 0 Å². The van der Waals surface area contributed by atoms with Gasteiger partial charge in [0.1, 0.15) is 17.1 Å². The Morgan fingerprint density at radius 2 is 1.80 bits per heavy atom. The molecule has 1 aliphatic carbocycles. The summed E-state index contributed by atoms with van der Waals surface area (Å²) in [6, 6.07) is 12.2. The van der Waals surface area contributed by atoms with E-state index < -0.39 is 0 Å². The minimum Gasteiger partial charge on any atom is -0.488 e. The number of hydrogen-bond donors (Lipinski definition) is 0. The highest BCUT2D eigenvalue weighted by Crippen LogP contribution is 2.33. The van der Waals surface area contributed by atoms with Crippen LogP contribution in [0.4, 0.5) is 10.1 Å². The van der Waals surface area contributed by atoms with Crippen molar-refractivity contribution in [3.63, 3.8) is 0 Å². The summed E-state index contributed by atoms with van der Waals surface area (Å²) < 4.78 is 21.8. The Morgan fingerprint density at radius 3 is 2.57 bits per heavy atom. The molecular formula is C26H33ClFN5O2. The lowest BCUT2D eigenvalue weighted by molar-refractivity contribution is 0.202. The van der Waals surface area contributed by atoms with Crippen LogP contribution < -0.4 is 15.2 Å². The lowest BCUT2D eigenvalue weighted by Crippen LogP contribution is -2.48. The van der Waals surface area contributed by atoms with Crippen molar-refractivity contribution < 1.29 is 9.13 Å². The number of fused-ring (bicyclic) bond motifs is 1. The van der Waals surface area contributed by atoms with E-state index in [9.17, 15) is 9.18 Å². The number of hydrogen-bond acceptors (Lipinski definition) is 6. The first-order valence-corrected chi connectivity index (χ1v) is 12.3. The fourth-order valence-electron chi connectivity index (χ4n) is 5.13. The van der Waals surface area contributed by atoms with Crippen molar-refractivity contribution in [2.75, 3.05) is 37.6 Å². The molecule has 2 aromatic carbocycles. The van der Waals surface area contributed by atoms with Crippen LogP contribution in [0.3, 0.4) is 0 Å². The fourth-order valence-corrected chi connectivity index (χ4v) is 5.13. The second-order valence-electron chi connectivity index (χ2n) is 9.62. The molecule has 1 aromatic heterocycles. The maximum atomic E-state index is 14.1. The van der Waals surface area contributed by atoms with Crippen molar-refractivity contribution >= 4 is 29.0 Å². The van der Waals surface area contributed by atoms with Crippen LogP contribution in [0.5, 0.6) is 5.75 Å². The van der Waals surface area contributed by atoms with Gasteiger partial charge in [-0.05, 0) is 55.9 Å². The Labute approximate surface area is 211 Å². The standard InChI is InChI=1S/C26H32FN5O2.ClH/c1-19(18-32-26(33)22-8-4-5-9-23(22)28-29-32)17-30-12-14-31(15-13-30)24-16-20(27)10-11-25(24)34-21-6-2-3-7-21;/h4-5,8-11,16,19,21H,2-3,6-7,12-15,17-18H2,1H3;1H. The van der Waals surface area contributed by atoms with E-state index in [0.717, 1.165) is 57.0 Å². The number of ether oxygens (including phenoxy) is 1. The van der Waals surface area contributed by atoms with Crippen molar-refractivity contribution in [3.8, 4) is 5.75 Å². The van der Waals surface area contributed by atoms with Gasteiger partial charge in [0, 0.05) is 38.8 Å². The van der Waals surface area contributed by atoms with E-state index in [0.29, 0.717) is 17.4 Å². The van der Waals surface area contributed by atoms with Gasteiger partial charge in [0.2, 0.25) is 0 Å². The Morgan fingerprint density at radius 1 is 1.06 bits per heavy atom. The molecule has 188 valence electrons. The molecule has 1 atom stereocenters. The molecule has 1 saturated carbocycles. The predicted molar refractivity (Wildman–Crippen MR) is 138 cm³/mol. The molecule has 2 fully saturated rings. The average Bonchev–Trinajstić information content (AvgIpc) is 3.36. The van der Waals surface area contributed by atoms with E-state index in [1.807, 2.05) is 12.1 Å². The molecule has 3 aromatic rings. The van der Waals surface area contributed by atoms with E-state index in [1.54, 1.807) is 24.3 Å². The Hall–Kier alpha value is -2.71. The molecule has 0 N–H and O–H groups in total. The van der Waals surface area contributed by atoms with Crippen molar-refractivity contribution in [1.29, 1.82) is 0 Å². The number of nitrogens with zero attached hydrogens (tertiary/aromatic N) is 5. The third-order valence-corrected chi connectivity index (χ3v) is 6.91. The molecule has 1 unspecified atom stereocenters. The first-order chi connectivity index (χ1) is 16.6. The first-order valence-electron chi connectivity index (χ1n) is 12.3. The molecular weight excluding hydrogens is 469 g/mol. The van der Waals surface area contributed by atoms with Crippen molar-refractivity contribution in [1.82, 2.24) is 19.9 Å². The summed E-state index contributed by atoms with van der Waals surface area (Å²) in [7, 11) is 0. The number of aromatic nitrogens is 3. The Balaban J connectivity index is 0.00000289. The van der Waals surface area contributed by atoms with E-state index in [2.05, 4.69) is 27.0 Å². The molecule has 0 radical (unpaired) electrons. The lowest BCUT2D eigenvalue weighted by Gasteiger charge is -2.38. The van der Waals surface area contributed by atoms with Crippen LogP contribution in [0.25, 0.3) is 10.9 Å². The zero-order valence-corrected chi connectivity index (χ0v) is 20.9. The van der Waals surface area contributed by atoms with Gasteiger partial charge in [0.05, 0.1) is 23.7 Å². The van der Waals surface area contributed by atoms with Crippen molar-refractivity contribution in [2.24, 2.45) is 5.92 Å². The van der Waals surface area contributed by atoms with Gasteiger partial charge in [-0.15, -0.1) is 17.5 Å². The van der Waals surface area contributed by atoms with Gasteiger partial charge in [-0.1, -0.05) is 24.3 Å². The first kappa shape index (κ1) is 25.4. The molecule has 5 rings (SSSR count). The third kappa shape index (κ3) is 5.93. The van der Waals surface area contributed by atoms with E-state index in [1.165, 1.54) is 23.6 Å². The number of anilines is 1. The number of halogens is 2. The normalized spacial score (nSPS) is 17.9. The van der Waals surface area contributed by atoms with Gasteiger partial charge in [-0.3, -0.25) is 9.69 Å². The second-order valence-corrected chi connectivity index (χ2v) is 9.62. The monoisotopic (exact) mass is 501 g/mol. The number of rotatable bonds is 7.